The molecule has 0 saturated heterocycles. The second kappa shape index (κ2) is 7.72. The predicted octanol–water partition coefficient (Wildman–Crippen LogP) is 3.97. The number of aryl methyl sites for hydroxylation is 1. The van der Waals surface area contributed by atoms with Gasteiger partial charge in [-0.2, -0.15) is 4.31 Å². The Morgan fingerprint density at radius 3 is 1.77 bits per heavy atom. The summed E-state index contributed by atoms with van der Waals surface area (Å²) in [6, 6.07) is 24.1. The maximum atomic E-state index is 13.3. The van der Waals surface area contributed by atoms with E-state index in [1.54, 1.807) is 12.1 Å². The molecule has 2 N–H and O–H groups in total. The van der Waals surface area contributed by atoms with Crippen LogP contribution in [0.25, 0.3) is 0 Å². The summed E-state index contributed by atoms with van der Waals surface area (Å²) in [5.74, 6) is 0. The average Bonchev–Trinajstić information content (AvgIpc) is 2.65. The predicted molar refractivity (Wildman–Crippen MR) is 105 cm³/mol. The largest absolute Gasteiger partial charge is 0.398 e. The molecule has 0 aliphatic heterocycles. The van der Waals surface area contributed by atoms with Gasteiger partial charge >= 0.3 is 0 Å². The number of sulfonamides is 1. The molecular weight excluding hydrogens is 344 g/mol. The van der Waals surface area contributed by atoms with Crippen LogP contribution in [0.2, 0.25) is 0 Å². The summed E-state index contributed by atoms with van der Waals surface area (Å²) in [5.41, 5.74) is 9.15. The molecule has 0 unspecified atom stereocenters. The minimum Gasteiger partial charge on any atom is -0.398 e. The van der Waals surface area contributed by atoms with E-state index in [1.807, 2.05) is 67.6 Å². The minimum atomic E-state index is -3.68. The van der Waals surface area contributed by atoms with Gasteiger partial charge < -0.3 is 5.73 Å². The van der Waals surface area contributed by atoms with Crippen molar-refractivity contribution in [2.75, 3.05) is 5.73 Å². The molecule has 3 rings (SSSR count). The molecule has 0 atom stereocenters. The van der Waals surface area contributed by atoms with E-state index in [0.717, 1.165) is 16.7 Å². The van der Waals surface area contributed by atoms with Crippen LogP contribution < -0.4 is 5.73 Å². The highest BCUT2D eigenvalue weighted by Gasteiger charge is 2.25. The Balaban J connectivity index is 1.99. The summed E-state index contributed by atoms with van der Waals surface area (Å²) in [6.07, 6.45) is 0. The van der Waals surface area contributed by atoms with Crippen LogP contribution in [0.5, 0.6) is 0 Å². The van der Waals surface area contributed by atoms with Gasteiger partial charge in [0.15, 0.2) is 0 Å². The number of rotatable bonds is 6. The van der Waals surface area contributed by atoms with E-state index in [1.165, 1.54) is 10.4 Å². The van der Waals surface area contributed by atoms with Gasteiger partial charge in [-0.25, -0.2) is 8.42 Å². The Morgan fingerprint density at radius 2 is 1.31 bits per heavy atom. The fraction of sp³-hybridized carbons (Fsp3) is 0.143. The molecule has 0 saturated carbocycles. The smallest absolute Gasteiger partial charge is 0.243 e. The zero-order chi connectivity index (χ0) is 18.6. The van der Waals surface area contributed by atoms with Gasteiger partial charge in [-0.3, -0.25) is 0 Å². The molecule has 0 radical (unpaired) electrons. The van der Waals surface area contributed by atoms with Crippen LogP contribution in [0, 0.1) is 6.92 Å². The van der Waals surface area contributed by atoms with Crippen molar-refractivity contribution in [1.29, 1.82) is 0 Å². The average molecular weight is 366 g/mol. The standard InChI is InChI=1S/C21H22N2O2S/c1-17-12-13-20(14-21(17)22)26(24,25)23(15-18-8-4-2-5-9-18)16-19-10-6-3-7-11-19/h2-14H,15-16,22H2,1H3. The van der Waals surface area contributed by atoms with Gasteiger partial charge in [0.05, 0.1) is 4.90 Å². The monoisotopic (exact) mass is 366 g/mol. The lowest BCUT2D eigenvalue weighted by Gasteiger charge is -2.23. The number of nitrogen functional groups attached to an aromatic ring is 1. The first-order chi connectivity index (χ1) is 12.5. The van der Waals surface area contributed by atoms with Gasteiger partial charge in [0.2, 0.25) is 10.0 Å². The fourth-order valence-corrected chi connectivity index (χ4v) is 4.18. The minimum absolute atomic E-state index is 0.215. The Hall–Kier alpha value is -2.63. The Bertz CT molecular complexity index is 930. The Morgan fingerprint density at radius 1 is 0.808 bits per heavy atom. The van der Waals surface area contributed by atoms with E-state index >= 15 is 0 Å². The van der Waals surface area contributed by atoms with Crippen molar-refractivity contribution in [3.63, 3.8) is 0 Å². The highest BCUT2D eigenvalue weighted by atomic mass is 32.2. The quantitative estimate of drug-likeness (QED) is 0.672. The van der Waals surface area contributed by atoms with Crippen LogP contribution in [0.1, 0.15) is 16.7 Å². The highest BCUT2D eigenvalue weighted by Crippen LogP contribution is 2.24. The molecule has 0 spiro atoms. The third-order valence-electron chi connectivity index (χ3n) is 4.29. The second-order valence-corrected chi connectivity index (χ2v) is 8.20. The molecule has 134 valence electrons. The maximum absolute atomic E-state index is 13.3. The Kier molecular flexibility index (Phi) is 5.40. The van der Waals surface area contributed by atoms with Gasteiger partial charge in [0.1, 0.15) is 0 Å². The summed E-state index contributed by atoms with van der Waals surface area (Å²) in [5, 5.41) is 0. The van der Waals surface area contributed by atoms with Crippen molar-refractivity contribution in [2.45, 2.75) is 24.9 Å². The molecule has 5 heteroatoms. The zero-order valence-corrected chi connectivity index (χ0v) is 15.5. The van der Waals surface area contributed by atoms with Crippen molar-refractivity contribution >= 4 is 15.7 Å². The lowest BCUT2D eigenvalue weighted by atomic mass is 10.2. The maximum Gasteiger partial charge on any atom is 0.243 e. The fourth-order valence-electron chi connectivity index (χ4n) is 2.73. The van der Waals surface area contributed by atoms with E-state index in [0.29, 0.717) is 18.8 Å². The SMILES string of the molecule is Cc1ccc(S(=O)(=O)N(Cc2ccccc2)Cc2ccccc2)cc1N. The number of anilines is 1. The normalized spacial score (nSPS) is 11.6. The van der Waals surface area contributed by atoms with Crippen LogP contribution in [-0.2, 0) is 23.1 Å². The van der Waals surface area contributed by atoms with Gasteiger partial charge in [0.25, 0.3) is 0 Å². The van der Waals surface area contributed by atoms with E-state index in [4.69, 9.17) is 5.73 Å². The summed E-state index contributed by atoms with van der Waals surface area (Å²) in [7, 11) is -3.68. The van der Waals surface area contributed by atoms with Crippen molar-refractivity contribution in [1.82, 2.24) is 4.31 Å². The molecule has 0 fully saturated rings. The molecule has 0 heterocycles. The lowest BCUT2D eigenvalue weighted by molar-refractivity contribution is 0.401. The zero-order valence-electron chi connectivity index (χ0n) is 14.7. The van der Waals surface area contributed by atoms with Crippen LogP contribution >= 0.6 is 0 Å². The molecule has 0 bridgehead atoms. The molecule has 0 aromatic heterocycles. The van der Waals surface area contributed by atoms with Crippen molar-refractivity contribution in [2.24, 2.45) is 0 Å². The third-order valence-corrected chi connectivity index (χ3v) is 6.08. The second-order valence-electron chi connectivity index (χ2n) is 6.26. The molecule has 26 heavy (non-hydrogen) atoms. The number of benzene rings is 3. The lowest BCUT2D eigenvalue weighted by Crippen LogP contribution is -2.30. The van der Waals surface area contributed by atoms with E-state index < -0.39 is 10.0 Å². The molecule has 4 nitrogen and oxygen atoms in total. The number of hydrogen-bond donors (Lipinski definition) is 1. The van der Waals surface area contributed by atoms with Crippen molar-refractivity contribution < 1.29 is 8.42 Å². The molecule has 3 aromatic carbocycles. The van der Waals surface area contributed by atoms with Crippen LogP contribution in [0.3, 0.4) is 0 Å². The van der Waals surface area contributed by atoms with Gasteiger partial charge in [-0.15, -0.1) is 0 Å². The first kappa shape index (κ1) is 18.2. The van der Waals surface area contributed by atoms with E-state index in [2.05, 4.69) is 0 Å². The first-order valence-corrected chi connectivity index (χ1v) is 9.85. The number of nitrogens with zero attached hydrogens (tertiary/aromatic N) is 1. The van der Waals surface area contributed by atoms with Crippen LogP contribution in [-0.4, -0.2) is 12.7 Å². The summed E-state index contributed by atoms with van der Waals surface area (Å²) in [4.78, 5) is 0.215. The molecule has 3 aromatic rings. The summed E-state index contributed by atoms with van der Waals surface area (Å²) in [6.45, 7) is 2.45. The first-order valence-electron chi connectivity index (χ1n) is 8.41. The van der Waals surface area contributed by atoms with Gasteiger partial charge in [0, 0.05) is 18.8 Å². The summed E-state index contributed by atoms with van der Waals surface area (Å²) >= 11 is 0. The topological polar surface area (TPSA) is 63.4 Å². The van der Waals surface area contributed by atoms with Gasteiger partial charge in [-0.1, -0.05) is 66.7 Å². The van der Waals surface area contributed by atoms with Crippen molar-refractivity contribution in [3.8, 4) is 0 Å². The van der Waals surface area contributed by atoms with Crippen LogP contribution in [0.4, 0.5) is 5.69 Å². The van der Waals surface area contributed by atoms with E-state index in [-0.39, 0.29) is 4.90 Å². The molecular formula is C21H22N2O2S. The molecule has 0 aliphatic rings. The number of nitrogens with two attached hydrogens (primary N) is 1. The van der Waals surface area contributed by atoms with Gasteiger partial charge in [-0.05, 0) is 35.7 Å². The Labute approximate surface area is 155 Å². The van der Waals surface area contributed by atoms with E-state index in [9.17, 15) is 8.42 Å². The summed E-state index contributed by atoms with van der Waals surface area (Å²) < 4.78 is 28.0. The highest BCUT2D eigenvalue weighted by molar-refractivity contribution is 7.89. The molecule has 0 amide bonds. The van der Waals surface area contributed by atoms with Crippen LogP contribution in [0.15, 0.2) is 83.8 Å². The number of hydrogen-bond acceptors (Lipinski definition) is 3. The third kappa shape index (κ3) is 4.12. The van der Waals surface area contributed by atoms with Crippen molar-refractivity contribution in [3.05, 3.63) is 95.6 Å². The molecule has 0 aliphatic carbocycles.